The summed E-state index contributed by atoms with van der Waals surface area (Å²) in [5.41, 5.74) is 1.89. The Morgan fingerprint density at radius 1 is 1.23 bits per heavy atom. The molecule has 1 spiro atoms. The number of nitrogens with zero attached hydrogens (tertiary/aromatic N) is 1. The molecule has 3 saturated heterocycles. The van der Waals surface area contributed by atoms with Gasteiger partial charge in [0, 0.05) is 15.8 Å². The van der Waals surface area contributed by atoms with Crippen molar-refractivity contribution in [1.82, 2.24) is 4.90 Å². The zero-order valence-electron chi connectivity index (χ0n) is 21.8. The van der Waals surface area contributed by atoms with Crippen molar-refractivity contribution < 1.29 is 24.2 Å². The monoisotopic (exact) mass is 635 g/mol. The van der Waals surface area contributed by atoms with Gasteiger partial charge >= 0.3 is 0 Å². The Hall–Kier alpha value is -2.27. The number of benzene rings is 2. The van der Waals surface area contributed by atoms with Gasteiger partial charge in [-0.1, -0.05) is 39.7 Å². The predicted octanol–water partition coefficient (Wildman–Crippen LogP) is 4.47. The second kappa shape index (κ2) is 11.0. The second-order valence-electron chi connectivity index (χ2n) is 10.3. The summed E-state index contributed by atoms with van der Waals surface area (Å²) in [6, 6.07) is 11.0. The highest BCUT2D eigenvalue weighted by Gasteiger charge is 2.76. The predicted molar refractivity (Wildman–Crippen MR) is 157 cm³/mol. The summed E-state index contributed by atoms with van der Waals surface area (Å²) in [6.45, 7) is 5.70. The standard InChI is InChI=1S/C28H31BrClN3O5S/c1-4-38-17-10-8-16(9-11-17)31-25(35)20-21-27(37)33(15(3)13-34)24(28(21)12-18(29)23(20)39-28)26(36)32-22-14(2)6-5-7-19(22)30/h5-11,15,18,20-21,23-24,34H,4,12-13H2,1-3H3,(H,31,35)(H,32,36)/t15-,18?,20-,21+,23-,24?,28?/m1/s1. The summed E-state index contributed by atoms with van der Waals surface area (Å²) in [5.74, 6) is -1.58. The van der Waals surface area contributed by atoms with Crippen LogP contribution in [0.5, 0.6) is 5.75 Å². The molecule has 3 aliphatic rings. The molecule has 39 heavy (non-hydrogen) atoms. The summed E-state index contributed by atoms with van der Waals surface area (Å²) < 4.78 is 4.65. The molecule has 3 fully saturated rings. The minimum atomic E-state index is -0.883. The molecule has 0 saturated carbocycles. The summed E-state index contributed by atoms with van der Waals surface area (Å²) in [6.07, 6.45) is 0.541. The molecule has 3 unspecified atom stereocenters. The number of thioether (sulfide) groups is 1. The van der Waals surface area contributed by atoms with Crippen molar-refractivity contribution >= 4 is 68.4 Å². The largest absolute Gasteiger partial charge is 0.494 e. The van der Waals surface area contributed by atoms with Crippen molar-refractivity contribution in [1.29, 1.82) is 0 Å². The molecule has 11 heteroatoms. The number of carbonyl (C=O) groups is 3. The lowest BCUT2D eigenvalue weighted by molar-refractivity contribution is -0.140. The maximum Gasteiger partial charge on any atom is 0.248 e. The number of halogens is 2. The molecule has 5 rings (SSSR count). The number of anilines is 2. The Kier molecular flexibility index (Phi) is 7.94. The third kappa shape index (κ3) is 4.73. The van der Waals surface area contributed by atoms with E-state index >= 15 is 0 Å². The van der Waals surface area contributed by atoms with Crippen LogP contribution < -0.4 is 15.4 Å². The van der Waals surface area contributed by atoms with Crippen molar-refractivity contribution in [3.05, 3.63) is 53.1 Å². The smallest absolute Gasteiger partial charge is 0.248 e. The van der Waals surface area contributed by atoms with Crippen LogP contribution in [0, 0.1) is 18.8 Å². The number of alkyl halides is 1. The maximum absolute atomic E-state index is 14.0. The van der Waals surface area contributed by atoms with Gasteiger partial charge in [0.05, 0.1) is 46.5 Å². The van der Waals surface area contributed by atoms with Crippen molar-refractivity contribution in [2.45, 2.75) is 54.1 Å². The number of carbonyl (C=O) groups excluding carboxylic acids is 3. The Balaban J connectivity index is 1.48. The Morgan fingerprint density at radius 2 is 1.95 bits per heavy atom. The fourth-order valence-corrected chi connectivity index (χ4v) is 10.1. The first-order chi connectivity index (χ1) is 18.6. The van der Waals surface area contributed by atoms with Gasteiger partial charge in [-0.15, -0.1) is 11.8 Å². The Bertz CT molecular complexity index is 1280. The lowest BCUT2D eigenvalue weighted by atomic mass is 9.70. The summed E-state index contributed by atoms with van der Waals surface area (Å²) in [7, 11) is 0. The molecule has 8 nitrogen and oxygen atoms in total. The molecule has 7 atom stereocenters. The molecule has 0 radical (unpaired) electrons. The van der Waals surface area contributed by atoms with Gasteiger partial charge in [0.25, 0.3) is 0 Å². The van der Waals surface area contributed by atoms with Crippen LogP contribution in [0.1, 0.15) is 25.8 Å². The van der Waals surface area contributed by atoms with E-state index in [0.29, 0.717) is 35.2 Å². The molecule has 2 aromatic rings. The number of aryl methyl sites for hydroxylation is 1. The highest BCUT2D eigenvalue weighted by molar-refractivity contribution is 9.09. The molecule has 3 heterocycles. The quantitative estimate of drug-likeness (QED) is 0.369. The first kappa shape index (κ1) is 28.3. The van der Waals surface area contributed by atoms with Gasteiger partial charge in [-0.25, -0.2) is 0 Å². The van der Waals surface area contributed by atoms with Crippen LogP contribution in [0.2, 0.25) is 5.02 Å². The molecule has 3 N–H and O–H groups in total. The van der Waals surface area contributed by atoms with E-state index in [2.05, 4.69) is 26.6 Å². The third-order valence-electron chi connectivity index (χ3n) is 7.92. The van der Waals surface area contributed by atoms with Crippen LogP contribution >= 0.6 is 39.3 Å². The van der Waals surface area contributed by atoms with E-state index in [9.17, 15) is 19.5 Å². The SMILES string of the molecule is CCOc1ccc(NC(=O)[C@H]2[C@@H]3SC4(CC3Br)C(C(=O)Nc3c(C)cccc3Cl)N([C@H](C)CO)C(=O)[C@H]24)cc1. The number of fused-ring (bicyclic) bond motifs is 1. The minimum absolute atomic E-state index is 0.0654. The van der Waals surface area contributed by atoms with E-state index in [1.54, 1.807) is 43.3 Å². The Morgan fingerprint density at radius 3 is 2.59 bits per heavy atom. The Labute approximate surface area is 245 Å². The zero-order valence-corrected chi connectivity index (χ0v) is 25.0. The molecule has 208 valence electrons. The average molecular weight is 637 g/mol. The number of hydrogen-bond donors (Lipinski definition) is 3. The van der Waals surface area contributed by atoms with Gasteiger partial charge in [-0.3, -0.25) is 14.4 Å². The number of para-hydroxylation sites is 1. The fourth-order valence-electron chi connectivity index (χ4n) is 6.24. The maximum atomic E-state index is 14.0. The number of amides is 3. The van der Waals surface area contributed by atoms with Crippen molar-refractivity contribution in [3.63, 3.8) is 0 Å². The van der Waals surface area contributed by atoms with Crippen LogP contribution in [-0.4, -0.2) is 67.8 Å². The molecule has 0 aliphatic carbocycles. The van der Waals surface area contributed by atoms with Crippen LogP contribution in [0.4, 0.5) is 11.4 Å². The van der Waals surface area contributed by atoms with E-state index < -0.39 is 28.7 Å². The summed E-state index contributed by atoms with van der Waals surface area (Å²) in [4.78, 5) is 43.2. The van der Waals surface area contributed by atoms with Crippen molar-refractivity contribution in [3.8, 4) is 5.75 Å². The normalized spacial score (nSPS) is 29.7. The highest BCUT2D eigenvalue weighted by atomic mass is 79.9. The van der Waals surface area contributed by atoms with Gasteiger partial charge in [0.2, 0.25) is 17.7 Å². The number of hydrogen-bond acceptors (Lipinski definition) is 6. The molecule has 3 aliphatic heterocycles. The van der Waals surface area contributed by atoms with Gasteiger partial charge in [0.1, 0.15) is 11.8 Å². The number of nitrogens with one attached hydrogen (secondary N) is 2. The van der Waals surface area contributed by atoms with Crippen LogP contribution in [0.25, 0.3) is 0 Å². The topological polar surface area (TPSA) is 108 Å². The molecular weight excluding hydrogens is 606 g/mol. The second-order valence-corrected chi connectivity index (χ2v) is 13.4. The third-order valence-corrected chi connectivity index (χ3v) is 11.5. The van der Waals surface area contributed by atoms with Crippen LogP contribution in [0.3, 0.4) is 0 Å². The molecule has 2 bridgehead atoms. The highest BCUT2D eigenvalue weighted by Crippen LogP contribution is 2.68. The van der Waals surface area contributed by atoms with Gasteiger partial charge in [-0.05, 0) is 63.1 Å². The van der Waals surface area contributed by atoms with E-state index in [1.165, 1.54) is 16.7 Å². The van der Waals surface area contributed by atoms with Crippen molar-refractivity contribution in [2.75, 3.05) is 23.8 Å². The van der Waals surface area contributed by atoms with Crippen LogP contribution in [-0.2, 0) is 14.4 Å². The molecule has 3 amide bonds. The van der Waals surface area contributed by atoms with Crippen LogP contribution in [0.15, 0.2) is 42.5 Å². The first-order valence-corrected chi connectivity index (χ1v) is 15.1. The van der Waals surface area contributed by atoms with Gasteiger partial charge in [-0.2, -0.15) is 0 Å². The first-order valence-electron chi connectivity index (χ1n) is 13.0. The number of rotatable bonds is 8. The van der Waals surface area contributed by atoms with E-state index in [1.807, 2.05) is 19.9 Å². The van der Waals surface area contributed by atoms with Gasteiger partial charge < -0.3 is 25.4 Å². The van der Waals surface area contributed by atoms with E-state index in [0.717, 1.165) is 5.56 Å². The van der Waals surface area contributed by atoms with Gasteiger partial charge in [0.15, 0.2) is 0 Å². The number of likely N-dealkylation sites (tertiary alicyclic amines) is 1. The van der Waals surface area contributed by atoms with E-state index in [4.69, 9.17) is 16.3 Å². The zero-order chi connectivity index (χ0) is 28.1. The lowest BCUT2D eigenvalue weighted by Crippen LogP contribution is -2.54. The molecule has 0 aromatic heterocycles. The fraction of sp³-hybridized carbons (Fsp3) is 0.464. The van der Waals surface area contributed by atoms with Crippen molar-refractivity contribution in [2.24, 2.45) is 11.8 Å². The molecule has 2 aromatic carbocycles. The number of ether oxygens (including phenoxy) is 1. The number of aliphatic hydroxyl groups excluding tert-OH is 1. The minimum Gasteiger partial charge on any atom is -0.494 e. The summed E-state index contributed by atoms with van der Waals surface area (Å²) in [5, 5.41) is 16.2. The lowest BCUT2D eigenvalue weighted by Gasteiger charge is -2.36. The average Bonchev–Trinajstić information content (AvgIpc) is 3.50. The number of aliphatic hydroxyl groups is 1. The van der Waals surface area contributed by atoms with E-state index in [-0.39, 0.29) is 34.4 Å². The summed E-state index contributed by atoms with van der Waals surface area (Å²) >= 11 is 11.7. The molecular formula is C28H31BrClN3O5S.